The van der Waals surface area contributed by atoms with E-state index in [9.17, 15) is 87.2 Å². The van der Waals surface area contributed by atoms with Gasteiger partial charge in [-0.05, 0) is 120 Å². The number of benzene rings is 1. The van der Waals surface area contributed by atoms with Gasteiger partial charge in [-0.25, -0.2) is 4.79 Å². The van der Waals surface area contributed by atoms with E-state index in [0.717, 1.165) is 6.42 Å². The van der Waals surface area contributed by atoms with Gasteiger partial charge in [-0.15, -0.1) is 0 Å². The zero-order chi connectivity index (χ0) is 78.1. The van der Waals surface area contributed by atoms with E-state index in [0.29, 0.717) is 37.1 Å². The van der Waals surface area contributed by atoms with Crippen LogP contribution in [0.2, 0.25) is 0 Å². The fourth-order valence-corrected chi connectivity index (χ4v) is 11.9. The van der Waals surface area contributed by atoms with E-state index in [4.69, 9.17) is 22.9 Å². The summed E-state index contributed by atoms with van der Waals surface area (Å²) < 4.78 is 0. The molecule has 2 aliphatic rings. The average molecular weight is 1490 g/mol. The Morgan fingerprint density at radius 3 is 1.63 bits per heavy atom. The fraction of sp³-hybridized carbons (Fsp3) is 0.672. The van der Waals surface area contributed by atoms with Gasteiger partial charge in [0, 0.05) is 25.9 Å². The number of carboxylic acids is 1. The van der Waals surface area contributed by atoms with Gasteiger partial charge in [0.25, 0.3) is 0 Å². The highest BCUT2D eigenvalue weighted by Gasteiger charge is 2.43. The van der Waals surface area contributed by atoms with Crippen LogP contribution in [0.3, 0.4) is 0 Å². The number of likely N-dealkylation sites (tertiary alicyclic amines) is 1. The van der Waals surface area contributed by atoms with Crippen LogP contribution in [0, 0.1) is 17.8 Å². The van der Waals surface area contributed by atoms with Crippen LogP contribution < -0.4 is 86.7 Å². The highest BCUT2D eigenvalue weighted by Crippen LogP contribution is 2.23. The van der Waals surface area contributed by atoms with Crippen molar-refractivity contribution in [3.05, 3.63) is 35.9 Å². The second-order valence-electron chi connectivity index (χ2n) is 27.0. The lowest BCUT2D eigenvalue weighted by molar-refractivity contribution is -0.144. The highest BCUT2D eigenvalue weighted by atomic mass is 32.2. The molecular formula is C67H110N18O18S. The number of carbonyl (C=O) groups is 15. The number of hydrogen-bond acceptors (Lipinski definition) is 20. The lowest BCUT2D eigenvalue weighted by Crippen LogP contribution is -2.62. The number of nitrogens with one attached hydrogen (secondary N) is 12. The molecule has 14 amide bonds. The molecule has 0 spiro atoms. The molecule has 37 heteroatoms. The molecule has 0 aliphatic carbocycles. The Morgan fingerprint density at radius 2 is 1.11 bits per heavy atom. The summed E-state index contributed by atoms with van der Waals surface area (Å²) >= 11 is 1.33. The first kappa shape index (κ1) is 89.0. The quantitative estimate of drug-likeness (QED) is 0.0165. The van der Waals surface area contributed by atoms with Crippen molar-refractivity contribution in [2.24, 2.45) is 45.7 Å². The Hall–Kier alpha value is -9.23. The molecule has 2 saturated heterocycles. The predicted octanol–water partition coefficient (Wildman–Crippen LogP) is -5.13. The molecule has 104 heavy (non-hydrogen) atoms. The van der Waals surface area contributed by atoms with Crippen LogP contribution in [0.4, 0.5) is 0 Å². The van der Waals surface area contributed by atoms with Crippen LogP contribution in [0.25, 0.3) is 0 Å². The van der Waals surface area contributed by atoms with Gasteiger partial charge in [-0.3, -0.25) is 72.1 Å². The maximum absolute atomic E-state index is 14.7. The van der Waals surface area contributed by atoms with Crippen molar-refractivity contribution in [2.45, 2.75) is 230 Å². The molecule has 0 bridgehead atoms. The Balaban J connectivity index is 1.92. The van der Waals surface area contributed by atoms with E-state index in [1.54, 1.807) is 78.1 Å². The topological polar surface area (TPSA) is 581 Å². The molecule has 1 aromatic rings. The van der Waals surface area contributed by atoms with Crippen molar-refractivity contribution in [3.63, 3.8) is 0 Å². The van der Waals surface area contributed by atoms with Crippen molar-refractivity contribution >= 4 is 106 Å². The van der Waals surface area contributed by atoms with Crippen LogP contribution in [-0.4, -0.2) is 238 Å². The molecule has 2 heterocycles. The summed E-state index contributed by atoms with van der Waals surface area (Å²) in [6.45, 7) is 12.6. The SMILES string of the molecule is CC[C@H](C)[C@H](NC(=O)[C@@H](NC(=O)[C@@H]1CCCN1)[C@@H](C)O)C(=O)N1CCC[C@H]1C(=O)N[C@@H](CC(C)C)C(=O)N[C@@H](CO)C(=O)N[C@@H](CCCN=C(N)N)C(=O)N[C@@H](CC(C)C)C(=O)N[C@@H](Cc1ccccc1)C(=O)N[C@@H](CCC(N)=O)C(=O)N[C@@H](CC(N)=O)C(=O)N[C@@H](C)C(=O)N[C@@H](CCSC)C(=O)O. The molecule has 0 radical (unpaired) electrons. The van der Waals surface area contributed by atoms with E-state index >= 15 is 0 Å². The smallest absolute Gasteiger partial charge is 0.326 e. The summed E-state index contributed by atoms with van der Waals surface area (Å²) in [6.07, 6.45) is 0.193. The van der Waals surface area contributed by atoms with Gasteiger partial charge in [-0.1, -0.05) is 78.3 Å². The van der Waals surface area contributed by atoms with Crippen LogP contribution in [0.5, 0.6) is 0 Å². The van der Waals surface area contributed by atoms with Gasteiger partial charge >= 0.3 is 5.97 Å². The molecule has 15 atom stereocenters. The van der Waals surface area contributed by atoms with Gasteiger partial charge in [0.1, 0.15) is 72.5 Å². The monoisotopic (exact) mass is 1490 g/mol. The number of aliphatic carboxylic acids is 1. The van der Waals surface area contributed by atoms with E-state index < -0.39 is 205 Å². The van der Waals surface area contributed by atoms with Crippen molar-refractivity contribution < 1.29 is 87.2 Å². The van der Waals surface area contributed by atoms with Gasteiger partial charge in [0.05, 0.1) is 25.2 Å². The highest BCUT2D eigenvalue weighted by molar-refractivity contribution is 7.98. The number of nitrogens with two attached hydrogens (primary N) is 4. The van der Waals surface area contributed by atoms with Crippen LogP contribution in [-0.2, 0) is 78.3 Å². The summed E-state index contributed by atoms with van der Waals surface area (Å²) in [5.41, 5.74) is 22.5. The lowest BCUT2D eigenvalue weighted by atomic mass is 9.96. The number of guanidine groups is 1. The number of aliphatic hydroxyl groups is 2. The first-order valence-electron chi connectivity index (χ1n) is 35.1. The molecule has 23 N–H and O–H groups in total. The molecular weight excluding hydrogens is 1380 g/mol. The third-order valence-corrected chi connectivity index (χ3v) is 18.0. The zero-order valence-corrected chi connectivity index (χ0v) is 61.5. The fourth-order valence-electron chi connectivity index (χ4n) is 11.4. The number of aliphatic imine (C=N–C) groups is 1. The normalized spacial score (nSPS) is 17.9. The Morgan fingerprint density at radius 1 is 0.577 bits per heavy atom. The largest absolute Gasteiger partial charge is 0.480 e. The number of primary amides is 2. The third kappa shape index (κ3) is 30.6. The Kier molecular flexibility index (Phi) is 38.6. The first-order chi connectivity index (χ1) is 49.0. The Labute approximate surface area is 609 Å². The molecule has 0 aromatic heterocycles. The van der Waals surface area contributed by atoms with Crippen LogP contribution in [0.15, 0.2) is 35.3 Å². The summed E-state index contributed by atoms with van der Waals surface area (Å²) in [7, 11) is 0. The standard InChI is InChI=1S/C67H110N18O18S/c1-10-36(6)52(83-64(100)53(38(8)87)84-55(91)40-19-14-25-72-40)65(101)85-27-16-21-49(85)63(99)81-45(30-35(4)5)60(96)82-48(33-86)62(98)75-41(20-15-26-73-67(70)71)56(92)78-44(29-34(2)3)59(95)79-46(31-39-17-12-11-13-18-39)61(97)76-42(22-23-50(68)88)57(93)80-47(32-51(69)89)58(94)74-37(7)54(90)77-43(66(102)103)24-28-104-9/h11-13,17-18,34-38,40-49,52-53,72,86-87H,10,14-16,19-33H2,1-9H3,(H2,68,88)(H2,69,89)(H,74,94)(H,75,98)(H,76,97)(H,77,90)(H,78,92)(H,79,95)(H,80,93)(H,81,99)(H,82,96)(H,83,100)(H,84,91)(H,102,103)(H4,70,71,73)/t36-,37-,38+,40-,41-,42-,43-,44-,45-,46-,47-,48-,49-,52-,53-/m0/s1. The van der Waals surface area contributed by atoms with Crippen molar-refractivity contribution in [3.8, 4) is 0 Å². The van der Waals surface area contributed by atoms with Gasteiger partial charge in [-0.2, -0.15) is 11.8 Å². The molecule has 3 rings (SSSR count). The van der Waals surface area contributed by atoms with E-state index in [1.807, 2.05) is 0 Å². The maximum atomic E-state index is 14.7. The predicted molar refractivity (Wildman–Crippen MR) is 383 cm³/mol. The summed E-state index contributed by atoms with van der Waals surface area (Å²) in [4.78, 5) is 210. The minimum atomic E-state index is -1.80. The number of rotatable bonds is 46. The van der Waals surface area contributed by atoms with Crippen LogP contribution >= 0.6 is 11.8 Å². The number of hydrogen-bond donors (Lipinski definition) is 19. The summed E-state index contributed by atoms with van der Waals surface area (Å²) in [5.74, 6) is -15.2. The summed E-state index contributed by atoms with van der Waals surface area (Å²) in [5, 5.41) is 61.7. The van der Waals surface area contributed by atoms with Gasteiger partial charge in [0.15, 0.2) is 5.96 Å². The maximum Gasteiger partial charge on any atom is 0.326 e. The molecule has 0 saturated carbocycles. The zero-order valence-electron chi connectivity index (χ0n) is 60.7. The third-order valence-electron chi connectivity index (χ3n) is 17.4. The van der Waals surface area contributed by atoms with Crippen molar-refractivity contribution in [1.82, 2.24) is 68.7 Å². The van der Waals surface area contributed by atoms with Gasteiger partial charge in [0.2, 0.25) is 82.7 Å². The number of amides is 14. The first-order valence-corrected chi connectivity index (χ1v) is 36.5. The number of thioether (sulfide) groups is 1. The lowest BCUT2D eigenvalue weighted by Gasteiger charge is -2.33. The van der Waals surface area contributed by atoms with Crippen molar-refractivity contribution in [2.75, 3.05) is 38.2 Å². The second-order valence-corrected chi connectivity index (χ2v) is 28.0. The molecule has 582 valence electrons. The van der Waals surface area contributed by atoms with Gasteiger partial charge < -0.3 is 107 Å². The molecule has 2 fully saturated rings. The number of carboxylic acid groups (broad SMARTS) is 1. The van der Waals surface area contributed by atoms with Crippen molar-refractivity contribution in [1.29, 1.82) is 0 Å². The number of carbonyl (C=O) groups excluding carboxylic acids is 14. The molecule has 1 aromatic carbocycles. The average Bonchev–Trinajstić information content (AvgIpc) is 1.63. The summed E-state index contributed by atoms with van der Waals surface area (Å²) in [6, 6.07) is -10.1. The molecule has 0 unspecified atom stereocenters. The molecule has 2 aliphatic heterocycles. The minimum absolute atomic E-state index is 0.0115. The van der Waals surface area contributed by atoms with E-state index in [-0.39, 0.29) is 75.8 Å². The minimum Gasteiger partial charge on any atom is -0.480 e. The van der Waals surface area contributed by atoms with E-state index in [2.05, 4.69) is 68.8 Å². The second kappa shape index (κ2) is 45.1. The van der Waals surface area contributed by atoms with Crippen LogP contribution in [0.1, 0.15) is 144 Å². The Bertz CT molecular complexity index is 3140. The van der Waals surface area contributed by atoms with E-state index in [1.165, 1.54) is 30.5 Å². The number of aliphatic hydroxyl groups excluding tert-OH is 2. The number of nitrogens with zero attached hydrogens (tertiary/aromatic N) is 2. The molecule has 36 nitrogen and oxygen atoms in total.